The van der Waals surface area contributed by atoms with E-state index in [0.717, 1.165) is 10.6 Å². The number of hydrogen-bond acceptors (Lipinski definition) is 4. The van der Waals surface area contributed by atoms with Crippen molar-refractivity contribution in [1.29, 1.82) is 0 Å². The zero-order valence-corrected chi connectivity index (χ0v) is 14.5. The SMILES string of the molecule is COc1ccc(N(CC(=O)N[C@H](C)C(C)C)S(C)(=O)=O)cc1. The van der Waals surface area contributed by atoms with Crippen molar-refractivity contribution in [3.05, 3.63) is 24.3 Å². The van der Waals surface area contributed by atoms with E-state index in [1.807, 2.05) is 20.8 Å². The molecular formula is C15H24N2O4S. The number of rotatable bonds is 7. The predicted molar refractivity (Wildman–Crippen MR) is 87.6 cm³/mol. The van der Waals surface area contributed by atoms with Crippen LogP contribution >= 0.6 is 0 Å². The van der Waals surface area contributed by atoms with E-state index in [4.69, 9.17) is 4.74 Å². The zero-order chi connectivity index (χ0) is 16.9. The fourth-order valence-corrected chi connectivity index (χ4v) is 2.60. The van der Waals surface area contributed by atoms with Crippen LogP contribution in [0.4, 0.5) is 5.69 Å². The van der Waals surface area contributed by atoms with Gasteiger partial charge in [-0.05, 0) is 37.1 Å². The zero-order valence-electron chi connectivity index (χ0n) is 13.7. The third kappa shape index (κ3) is 5.22. The Morgan fingerprint density at radius 2 is 1.77 bits per heavy atom. The van der Waals surface area contributed by atoms with Gasteiger partial charge in [-0.2, -0.15) is 0 Å². The molecule has 0 spiro atoms. The molecule has 0 aliphatic carbocycles. The summed E-state index contributed by atoms with van der Waals surface area (Å²) in [7, 11) is -2.03. The molecule has 0 bridgehead atoms. The van der Waals surface area contributed by atoms with Crippen LogP contribution in [-0.2, 0) is 14.8 Å². The fraction of sp³-hybridized carbons (Fsp3) is 0.533. The van der Waals surface area contributed by atoms with E-state index in [9.17, 15) is 13.2 Å². The van der Waals surface area contributed by atoms with Crippen molar-refractivity contribution in [3.63, 3.8) is 0 Å². The van der Waals surface area contributed by atoms with E-state index in [0.29, 0.717) is 11.4 Å². The third-order valence-corrected chi connectivity index (χ3v) is 4.58. The molecule has 0 fully saturated rings. The van der Waals surface area contributed by atoms with Gasteiger partial charge in [-0.15, -0.1) is 0 Å². The van der Waals surface area contributed by atoms with Gasteiger partial charge in [0.2, 0.25) is 15.9 Å². The molecule has 1 rings (SSSR count). The average Bonchev–Trinajstić information content (AvgIpc) is 2.43. The van der Waals surface area contributed by atoms with Crippen molar-refractivity contribution in [2.24, 2.45) is 5.92 Å². The van der Waals surface area contributed by atoms with Crippen LogP contribution in [0.2, 0.25) is 0 Å². The summed E-state index contributed by atoms with van der Waals surface area (Å²) in [6, 6.07) is 6.51. The molecule has 0 aromatic heterocycles. The highest BCUT2D eigenvalue weighted by Gasteiger charge is 2.22. The summed E-state index contributed by atoms with van der Waals surface area (Å²) in [6.07, 6.45) is 1.08. The largest absolute Gasteiger partial charge is 0.497 e. The van der Waals surface area contributed by atoms with Crippen molar-refractivity contribution >= 4 is 21.6 Å². The molecule has 0 saturated carbocycles. The lowest BCUT2D eigenvalue weighted by Crippen LogP contribution is -2.44. The maximum Gasteiger partial charge on any atom is 0.240 e. The topological polar surface area (TPSA) is 75.7 Å². The van der Waals surface area contributed by atoms with Crippen LogP contribution in [-0.4, -0.2) is 40.3 Å². The highest BCUT2D eigenvalue weighted by Crippen LogP contribution is 2.21. The molecular weight excluding hydrogens is 304 g/mol. The van der Waals surface area contributed by atoms with E-state index >= 15 is 0 Å². The number of methoxy groups -OCH3 is 1. The lowest BCUT2D eigenvalue weighted by atomic mass is 10.1. The Kier molecular flexibility index (Phi) is 6.22. The van der Waals surface area contributed by atoms with Crippen LogP contribution < -0.4 is 14.4 Å². The minimum atomic E-state index is -3.56. The number of sulfonamides is 1. The number of amides is 1. The van der Waals surface area contributed by atoms with Gasteiger partial charge in [0.15, 0.2) is 0 Å². The molecule has 1 atom stereocenters. The Labute approximate surface area is 132 Å². The first kappa shape index (κ1) is 18.3. The molecule has 0 radical (unpaired) electrons. The van der Waals surface area contributed by atoms with E-state index < -0.39 is 10.0 Å². The van der Waals surface area contributed by atoms with Gasteiger partial charge in [-0.25, -0.2) is 8.42 Å². The minimum Gasteiger partial charge on any atom is -0.497 e. The van der Waals surface area contributed by atoms with Crippen molar-refractivity contribution < 1.29 is 17.9 Å². The second-order valence-electron chi connectivity index (χ2n) is 5.57. The molecule has 1 amide bonds. The molecule has 6 nitrogen and oxygen atoms in total. The number of nitrogens with zero attached hydrogens (tertiary/aromatic N) is 1. The van der Waals surface area contributed by atoms with E-state index in [1.165, 1.54) is 7.11 Å². The summed E-state index contributed by atoms with van der Waals surface area (Å²) in [6.45, 7) is 5.62. The van der Waals surface area contributed by atoms with Crippen LogP contribution in [0.25, 0.3) is 0 Å². The molecule has 0 aliphatic heterocycles. The van der Waals surface area contributed by atoms with Gasteiger partial charge in [0.1, 0.15) is 12.3 Å². The second kappa shape index (κ2) is 7.49. The number of benzene rings is 1. The van der Waals surface area contributed by atoms with Gasteiger partial charge in [-0.1, -0.05) is 13.8 Å². The van der Waals surface area contributed by atoms with Gasteiger partial charge >= 0.3 is 0 Å². The number of carbonyl (C=O) groups is 1. The molecule has 0 saturated heterocycles. The summed E-state index contributed by atoms with van der Waals surface area (Å²) in [5.41, 5.74) is 0.427. The molecule has 0 heterocycles. The Morgan fingerprint density at radius 3 is 2.18 bits per heavy atom. The summed E-state index contributed by atoms with van der Waals surface area (Å²) in [5.74, 6) is 0.564. The molecule has 1 aromatic rings. The van der Waals surface area contributed by atoms with Crippen molar-refractivity contribution in [3.8, 4) is 5.75 Å². The molecule has 124 valence electrons. The first-order valence-electron chi connectivity index (χ1n) is 7.06. The molecule has 7 heteroatoms. The van der Waals surface area contributed by atoms with Crippen molar-refractivity contribution in [1.82, 2.24) is 5.32 Å². The standard InChI is InChI=1S/C15H24N2O4S/c1-11(2)12(3)16-15(18)10-17(22(5,19)20)13-6-8-14(21-4)9-7-13/h6-9,11-12H,10H2,1-5H3,(H,16,18)/t12-/m1/s1. The summed E-state index contributed by atoms with van der Waals surface area (Å²) < 4.78 is 30.0. The van der Waals surface area contributed by atoms with E-state index in [-0.39, 0.29) is 24.4 Å². The third-order valence-electron chi connectivity index (χ3n) is 3.44. The maximum absolute atomic E-state index is 12.1. The van der Waals surface area contributed by atoms with Crippen LogP contribution in [0.3, 0.4) is 0 Å². The Hall–Kier alpha value is -1.76. The van der Waals surface area contributed by atoms with Crippen molar-refractivity contribution in [2.45, 2.75) is 26.8 Å². The molecule has 22 heavy (non-hydrogen) atoms. The van der Waals surface area contributed by atoms with Crippen LogP contribution in [0.1, 0.15) is 20.8 Å². The minimum absolute atomic E-state index is 0.0234. The highest BCUT2D eigenvalue weighted by molar-refractivity contribution is 7.92. The predicted octanol–water partition coefficient (Wildman–Crippen LogP) is 1.62. The van der Waals surface area contributed by atoms with Gasteiger partial charge in [-0.3, -0.25) is 9.10 Å². The second-order valence-corrected chi connectivity index (χ2v) is 7.47. The highest BCUT2D eigenvalue weighted by atomic mass is 32.2. The number of hydrogen-bond donors (Lipinski definition) is 1. The Bertz CT molecular complexity index is 596. The van der Waals surface area contributed by atoms with Crippen LogP contribution in [0.15, 0.2) is 24.3 Å². The lowest BCUT2D eigenvalue weighted by molar-refractivity contribution is -0.120. The van der Waals surface area contributed by atoms with Gasteiger partial charge in [0.05, 0.1) is 19.1 Å². The van der Waals surface area contributed by atoms with Gasteiger partial charge in [0, 0.05) is 6.04 Å². The molecule has 0 aliphatic rings. The molecule has 1 aromatic carbocycles. The average molecular weight is 328 g/mol. The molecule has 0 unspecified atom stereocenters. The fourth-order valence-electron chi connectivity index (χ4n) is 1.75. The number of anilines is 1. The number of nitrogens with one attached hydrogen (secondary N) is 1. The lowest BCUT2D eigenvalue weighted by Gasteiger charge is -2.24. The normalized spacial score (nSPS) is 12.8. The number of ether oxygens (including phenoxy) is 1. The summed E-state index contributed by atoms with van der Waals surface area (Å²) >= 11 is 0. The first-order chi connectivity index (χ1) is 10.1. The monoisotopic (exact) mass is 328 g/mol. The first-order valence-corrected chi connectivity index (χ1v) is 8.91. The quantitative estimate of drug-likeness (QED) is 0.825. The van der Waals surface area contributed by atoms with Gasteiger partial charge < -0.3 is 10.1 Å². The van der Waals surface area contributed by atoms with E-state index in [1.54, 1.807) is 24.3 Å². The van der Waals surface area contributed by atoms with Crippen LogP contribution in [0, 0.1) is 5.92 Å². The van der Waals surface area contributed by atoms with Crippen LogP contribution in [0.5, 0.6) is 5.75 Å². The van der Waals surface area contributed by atoms with E-state index in [2.05, 4.69) is 5.32 Å². The number of carbonyl (C=O) groups excluding carboxylic acids is 1. The maximum atomic E-state index is 12.1. The van der Waals surface area contributed by atoms with Gasteiger partial charge in [0.25, 0.3) is 0 Å². The summed E-state index contributed by atoms with van der Waals surface area (Å²) in [4.78, 5) is 12.1. The van der Waals surface area contributed by atoms with Crippen molar-refractivity contribution in [2.75, 3.05) is 24.2 Å². The Morgan fingerprint density at radius 1 is 1.23 bits per heavy atom. The Balaban J connectivity index is 2.92. The molecule has 1 N–H and O–H groups in total. The summed E-state index contributed by atoms with van der Waals surface area (Å²) in [5, 5.41) is 2.80. The smallest absolute Gasteiger partial charge is 0.240 e.